The van der Waals surface area contributed by atoms with Crippen LogP contribution in [0.25, 0.3) is 0 Å². The minimum Gasteiger partial charge on any atom is -0.490 e. The van der Waals surface area contributed by atoms with Gasteiger partial charge in [-0.1, -0.05) is 40.9 Å². The molecule has 0 radical (unpaired) electrons. The summed E-state index contributed by atoms with van der Waals surface area (Å²) in [6.07, 6.45) is 6.57. The Bertz CT molecular complexity index is 929. The summed E-state index contributed by atoms with van der Waals surface area (Å²) in [5.74, 6) is 1.08. The molecule has 0 spiro atoms. The number of ether oxygens (including phenoxy) is 2. The van der Waals surface area contributed by atoms with E-state index >= 15 is 0 Å². The first kappa shape index (κ1) is 22.8. The molecular weight excluding hydrogens is 445 g/mol. The number of halogens is 3. The van der Waals surface area contributed by atoms with Crippen LogP contribution in [0.4, 0.5) is 0 Å². The molecule has 160 valence electrons. The number of aryl methyl sites for hydroxylation is 1. The van der Waals surface area contributed by atoms with Crippen molar-refractivity contribution in [3.8, 4) is 11.5 Å². The molecule has 3 rings (SSSR count). The van der Waals surface area contributed by atoms with E-state index in [4.69, 9.17) is 44.3 Å². The smallest absolute Gasteiger partial charge is 0.180 e. The van der Waals surface area contributed by atoms with Crippen molar-refractivity contribution in [3.63, 3.8) is 0 Å². The molecule has 0 fully saturated rings. The van der Waals surface area contributed by atoms with Crippen molar-refractivity contribution < 1.29 is 9.47 Å². The van der Waals surface area contributed by atoms with E-state index in [1.165, 1.54) is 0 Å². The van der Waals surface area contributed by atoms with Gasteiger partial charge in [0.15, 0.2) is 11.5 Å². The minimum atomic E-state index is 0.199. The average Bonchev–Trinajstić information content (AvgIpc) is 3.23. The van der Waals surface area contributed by atoms with Crippen molar-refractivity contribution in [1.82, 2.24) is 14.9 Å². The Morgan fingerprint density at radius 3 is 2.57 bits per heavy atom. The summed E-state index contributed by atoms with van der Waals surface area (Å²) < 4.78 is 13.8. The molecule has 0 aliphatic carbocycles. The summed E-state index contributed by atoms with van der Waals surface area (Å²) in [5, 5.41) is 5.01. The van der Waals surface area contributed by atoms with Crippen LogP contribution in [0.3, 0.4) is 0 Å². The number of aromatic nitrogens is 2. The lowest BCUT2D eigenvalue weighted by Gasteiger charge is -2.16. The van der Waals surface area contributed by atoms with Gasteiger partial charge in [-0.2, -0.15) is 0 Å². The van der Waals surface area contributed by atoms with Crippen molar-refractivity contribution in [1.29, 1.82) is 0 Å². The molecule has 0 atom stereocenters. The monoisotopic (exact) mass is 467 g/mol. The molecule has 0 saturated heterocycles. The quantitative estimate of drug-likeness (QED) is 0.351. The van der Waals surface area contributed by atoms with Crippen LogP contribution in [0.1, 0.15) is 24.5 Å². The van der Waals surface area contributed by atoms with E-state index in [2.05, 4.69) is 14.9 Å². The summed E-state index contributed by atoms with van der Waals surface area (Å²) in [4.78, 5) is 4.05. The third-order valence-corrected chi connectivity index (χ3v) is 5.44. The standard InChI is InChI=1S/C22H24Cl3N3O2/c1-2-29-21-12-16(13-26-7-4-9-28-10-8-27-15-28)11-20(25)22(21)30-14-17-18(23)5-3-6-19(17)24/h3,5-6,8,10-12,15,26H,2,4,7,9,13-14H2,1H3. The molecule has 8 heteroatoms. The van der Waals surface area contributed by atoms with Gasteiger partial charge in [0, 0.05) is 41.1 Å². The Morgan fingerprint density at radius 2 is 1.87 bits per heavy atom. The lowest BCUT2D eigenvalue weighted by Crippen LogP contribution is -2.16. The van der Waals surface area contributed by atoms with Crippen LogP contribution < -0.4 is 14.8 Å². The van der Waals surface area contributed by atoms with Gasteiger partial charge in [0.05, 0.1) is 18.0 Å². The van der Waals surface area contributed by atoms with Crippen LogP contribution in [0, 0.1) is 0 Å². The number of benzene rings is 2. The van der Waals surface area contributed by atoms with Gasteiger partial charge in [-0.05, 0) is 49.7 Å². The third-order valence-electron chi connectivity index (χ3n) is 4.45. The van der Waals surface area contributed by atoms with Gasteiger partial charge in [-0.25, -0.2) is 4.98 Å². The fourth-order valence-electron chi connectivity index (χ4n) is 2.98. The van der Waals surface area contributed by atoms with Crippen molar-refractivity contribution in [2.45, 2.75) is 33.0 Å². The Kier molecular flexibility index (Phi) is 8.70. The summed E-state index contributed by atoms with van der Waals surface area (Å²) in [7, 11) is 0. The van der Waals surface area contributed by atoms with Gasteiger partial charge < -0.3 is 19.4 Å². The molecule has 0 aliphatic heterocycles. The highest BCUT2D eigenvalue weighted by Crippen LogP contribution is 2.38. The van der Waals surface area contributed by atoms with Gasteiger partial charge in [0.25, 0.3) is 0 Å². The highest BCUT2D eigenvalue weighted by molar-refractivity contribution is 6.36. The predicted molar refractivity (Wildman–Crippen MR) is 122 cm³/mol. The Labute approximate surface area is 191 Å². The molecular formula is C22H24Cl3N3O2. The first-order valence-corrected chi connectivity index (χ1v) is 10.9. The van der Waals surface area contributed by atoms with Crippen LogP contribution in [0.2, 0.25) is 15.1 Å². The third kappa shape index (κ3) is 6.29. The molecule has 1 heterocycles. The van der Waals surface area contributed by atoms with Crippen LogP contribution in [0.15, 0.2) is 49.1 Å². The molecule has 30 heavy (non-hydrogen) atoms. The maximum Gasteiger partial charge on any atom is 0.180 e. The second-order valence-corrected chi connectivity index (χ2v) is 7.88. The fraction of sp³-hybridized carbons (Fsp3) is 0.318. The maximum absolute atomic E-state index is 6.51. The molecule has 0 unspecified atom stereocenters. The highest BCUT2D eigenvalue weighted by atomic mass is 35.5. The van der Waals surface area contributed by atoms with Crippen LogP contribution in [0.5, 0.6) is 11.5 Å². The SMILES string of the molecule is CCOc1cc(CNCCCn2ccnc2)cc(Cl)c1OCc1c(Cl)cccc1Cl. The number of nitrogens with zero attached hydrogens (tertiary/aromatic N) is 2. The number of hydrogen-bond donors (Lipinski definition) is 1. The zero-order valence-corrected chi connectivity index (χ0v) is 19.0. The molecule has 1 N–H and O–H groups in total. The van der Waals surface area contributed by atoms with E-state index in [1.807, 2.05) is 31.6 Å². The molecule has 0 bridgehead atoms. The average molecular weight is 469 g/mol. The molecule has 2 aromatic carbocycles. The predicted octanol–water partition coefficient (Wildman–Crippen LogP) is 6.00. The van der Waals surface area contributed by atoms with E-state index in [-0.39, 0.29) is 6.61 Å². The molecule has 1 aromatic heterocycles. The highest BCUT2D eigenvalue weighted by Gasteiger charge is 2.15. The number of imidazole rings is 1. The summed E-state index contributed by atoms with van der Waals surface area (Å²) in [5.41, 5.74) is 1.73. The van der Waals surface area contributed by atoms with E-state index in [0.717, 1.165) is 25.1 Å². The Hall–Kier alpha value is -1.92. The first-order chi connectivity index (χ1) is 14.6. The molecule has 0 amide bonds. The maximum atomic E-state index is 6.51. The lowest BCUT2D eigenvalue weighted by molar-refractivity contribution is 0.269. The number of hydrogen-bond acceptors (Lipinski definition) is 4. The summed E-state index contributed by atoms with van der Waals surface area (Å²) in [6.45, 7) is 5.10. The Balaban J connectivity index is 1.61. The Morgan fingerprint density at radius 1 is 1.07 bits per heavy atom. The molecule has 3 aromatic rings. The van der Waals surface area contributed by atoms with Crippen molar-refractivity contribution in [2.75, 3.05) is 13.2 Å². The van der Waals surface area contributed by atoms with E-state index < -0.39 is 0 Å². The zero-order valence-electron chi connectivity index (χ0n) is 16.7. The second kappa shape index (κ2) is 11.5. The largest absolute Gasteiger partial charge is 0.490 e. The van der Waals surface area contributed by atoms with Gasteiger partial charge >= 0.3 is 0 Å². The van der Waals surface area contributed by atoms with Crippen LogP contribution in [-0.4, -0.2) is 22.7 Å². The van der Waals surface area contributed by atoms with E-state index in [0.29, 0.717) is 45.3 Å². The summed E-state index contributed by atoms with van der Waals surface area (Å²) in [6, 6.07) is 9.18. The van der Waals surface area contributed by atoms with Gasteiger partial charge in [0.1, 0.15) is 6.61 Å². The second-order valence-electron chi connectivity index (χ2n) is 6.66. The van der Waals surface area contributed by atoms with Crippen LogP contribution in [-0.2, 0) is 19.7 Å². The number of rotatable bonds is 11. The van der Waals surface area contributed by atoms with E-state index in [1.54, 1.807) is 24.4 Å². The van der Waals surface area contributed by atoms with E-state index in [9.17, 15) is 0 Å². The van der Waals surface area contributed by atoms with Crippen molar-refractivity contribution >= 4 is 34.8 Å². The van der Waals surface area contributed by atoms with Gasteiger partial charge in [0.2, 0.25) is 0 Å². The molecule has 5 nitrogen and oxygen atoms in total. The lowest BCUT2D eigenvalue weighted by atomic mass is 10.2. The van der Waals surface area contributed by atoms with Gasteiger partial charge in [-0.3, -0.25) is 0 Å². The topological polar surface area (TPSA) is 48.3 Å². The first-order valence-electron chi connectivity index (χ1n) is 9.75. The number of nitrogens with one attached hydrogen (secondary N) is 1. The fourth-order valence-corrected chi connectivity index (χ4v) is 3.77. The normalized spacial score (nSPS) is 10.9. The molecule has 0 aliphatic rings. The van der Waals surface area contributed by atoms with Crippen LogP contribution >= 0.6 is 34.8 Å². The summed E-state index contributed by atoms with van der Waals surface area (Å²) >= 11 is 19.0. The zero-order chi connectivity index (χ0) is 21.3. The van der Waals surface area contributed by atoms with Crippen molar-refractivity contribution in [2.24, 2.45) is 0 Å². The van der Waals surface area contributed by atoms with Gasteiger partial charge in [-0.15, -0.1) is 0 Å². The molecule has 0 saturated carbocycles. The van der Waals surface area contributed by atoms with Crippen molar-refractivity contribution in [3.05, 3.63) is 75.2 Å². The minimum absolute atomic E-state index is 0.199.